The van der Waals surface area contributed by atoms with Crippen LogP contribution in [0.3, 0.4) is 0 Å². The van der Waals surface area contributed by atoms with Crippen molar-refractivity contribution >= 4 is 11.5 Å². The Morgan fingerprint density at radius 3 is 2.75 bits per heavy atom. The molecule has 3 heterocycles. The number of hydrogen-bond acceptors (Lipinski definition) is 7. The highest BCUT2D eigenvalue weighted by Crippen LogP contribution is 2.36. The monoisotopic (exact) mass is 395 g/mol. The van der Waals surface area contributed by atoms with Crippen molar-refractivity contribution < 1.29 is 17.7 Å². The molecule has 0 saturated heterocycles. The maximum Gasteiger partial charge on any atom is 0.421 e. The molecule has 3 N–H and O–H groups in total. The second-order valence-electron chi connectivity index (χ2n) is 7.01. The summed E-state index contributed by atoms with van der Waals surface area (Å²) in [6, 6.07) is -0.0557. The first-order valence-corrected chi connectivity index (χ1v) is 8.77. The molecule has 1 aliphatic heterocycles. The van der Waals surface area contributed by atoms with Crippen LogP contribution in [0.15, 0.2) is 27.5 Å². The van der Waals surface area contributed by atoms with Crippen LogP contribution in [0.5, 0.6) is 0 Å². The average molecular weight is 395 g/mol. The van der Waals surface area contributed by atoms with Crippen molar-refractivity contribution in [3.8, 4) is 0 Å². The van der Waals surface area contributed by atoms with Gasteiger partial charge in [0, 0.05) is 25.0 Å². The molecule has 11 heteroatoms. The Hall–Kier alpha value is -2.98. The van der Waals surface area contributed by atoms with Gasteiger partial charge in [-0.1, -0.05) is 5.16 Å². The SMILES string of the molecule is Cc1nn(C2CCc3c(C)noc32)cc1NC1N=C(N)C(C(F)(F)F)=CN1C. The Morgan fingerprint density at radius 1 is 1.29 bits per heavy atom. The Balaban J connectivity index is 1.55. The van der Waals surface area contributed by atoms with Gasteiger partial charge in [-0.15, -0.1) is 0 Å². The summed E-state index contributed by atoms with van der Waals surface area (Å²) in [4.78, 5) is 5.27. The number of aliphatic imine (C=N–C) groups is 1. The molecular weight excluding hydrogens is 375 g/mol. The average Bonchev–Trinajstić information content (AvgIpc) is 3.27. The molecule has 0 saturated carbocycles. The number of aryl methyl sites for hydroxylation is 2. The summed E-state index contributed by atoms with van der Waals surface area (Å²) < 4.78 is 46.2. The van der Waals surface area contributed by atoms with E-state index in [4.69, 9.17) is 10.3 Å². The molecule has 1 aliphatic carbocycles. The topological polar surface area (TPSA) is 97.5 Å². The quantitative estimate of drug-likeness (QED) is 0.829. The second kappa shape index (κ2) is 6.28. The van der Waals surface area contributed by atoms with Gasteiger partial charge < -0.3 is 20.5 Å². The van der Waals surface area contributed by atoms with Gasteiger partial charge in [-0.2, -0.15) is 18.3 Å². The lowest BCUT2D eigenvalue weighted by Gasteiger charge is -2.30. The number of anilines is 1. The van der Waals surface area contributed by atoms with E-state index in [2.05, 4.69) is 20.6 Å². The van der Waals surface area contributed by atoms with Crippen LogP contribution < -0.4 is 11.1 Å². The van der Waals surface area contributed by atoms with Crippen LogP contribution in [0.25, 0.3) is 0 Å². The van der Waals surface area contributed by atoms with Crippen molar-refractivity contribution in [1.82, 2.24) is 19.8 Å². The van der Waals surface area contributed by atoms with E-state index >= 15 is 0 Å². The van der Waals surface area contributed by atoms with Gasteiger partial charge in [0.05, 0.1) is 17.1 Å². The third-order valence-corrected chi connectivity index (χ3v) is 5.07. The first-order chi connectivity index (χ1) is 13.1. The van der Waals surface area contributed by atoms with Gasteiger partial charge in [0.2, 0.25) is 0 Å². The molecule has 0 aromatic carbocycles. The number of rotatable bonds is 3. The van der Waals surface area contributed by atoms with Crippen molar-refractivity contribution in [2.45, 2.75) is 45.2 Å². The van der Waals surface area contributed by atoms with Gasteiger partial charge in [0.25, 0.3) is 0 Å². The van der Waals surface area contributed by atoms with Gasteiger partial charge in [-0.3, -0.25) is 4.68 Å². The molecule has 8 nitrogen and oxygen atoms in total. The first-order valence-electron chi connectivity index (χ1n) is 8.77. The van der Waals surface area contributed by atoms with E-state index in [1.165, 1.54) is 11.9 Å². The van der Waals surface area contributed by atoms with Crippen LogP contribution in [-0.2, 0) is 6.42 Å². The molecule has 0 fully saturated rings. The van der Waals surface area contributed by atoms with Crippen molar-refractivity contribution in [2.75, 3.05) is 12.4 Å². The zero-order chi connectivity index (χ0) is 20.2. The third-order valence-electron chi connectivity index (χ3n) is 5.07. The van der Waals surface area contributed by atoms with Crippen LogP contribution in [0.4, 0.5) is 18.9 Å². The highest BCUT2D eigenvalue weighted by atomic mass is 19.4. The van der Waals surface area contributed by atoms with Crippen LogP contribution in [0.2, 0.25) is 0 Å². The highest BCUT2D eigenvalue weighted by molar-refractivity contribution is 5.98. The fourth-order valence-corrected chi connectivity index (χ4v) is 3.54. The normalized spacial score (nSPS) is 22.1. The summed E-state index contributed by atoms with van der Waals surface area (Å²) in [6.45, 7) is 3.73. The Bertz CT molecular complexity index is 972. The summed E-state index contributed by atoms with van der Waals surface area (Å²) in [5, 5.41) is 11.6. The number of nitrogens with zero attached hydrogens (tertiary/aromatic N) is 5. The minimum absolute atomic E-state index is 0.0557. The number of nitrogens with two attached hydrogens (primary N) is 1. The predicted molar refractivity (Wildman–Crippen MR) is 95.6 cm³/mol. The molecule has 2 aromatic rings. The number of alkyl halides is 3. The van der Waals surface area contributed by atoms with Gasteiger partial charge in [0.15, 0.2) is 12.0 Å². The van der Waals surface area contributed by atoms with E-state index in [1.54, 1.807) is 10.9 Å². The fraction of sp³-hybridized carbons (Fsp3) is 0.471. The molecule has 0 spiro atoms. The molecule has 2 aliphatic rings. The number of halogens is 3. The molecule has 0 bridgehead atoms. The van der Waals surface area contributed by atoms with Crippen LogP contribution in [0.1, 0.15) is 35.2 Å². The molecule has 0 radical (unpaired) electrons. The molecule has 2 unspecified atom stereocenters. The van der Waals surface area contributed by atoms with Gasteiger partial charge in [-0.05, 0) is 26.7 Å². The molecule has 0 amide bonds. The van der Waals surface area contributed by atoms with Crippen molar-refractivity contribution in [3.63, 3.8) is 0 Å². The fourth-order valence-electron chi connectivity index (χ4n) is 3.54. The Kier molecular flexibility index (Phi) is 4.12. The molecule has 28 heavy (non-hydrogen) atoms. The van der Waals surface area contributed by atoms with Gasteiger partial charge in [0.1, 0.15) is 17.5 Å². The molecule has 150 valence electrons. The Labute approximate surface area is 158 Å². The molecular formula is C17H20F3N7O. The summed E-state index contributed by atoms with van der Waals surface area (Å²) in [5.74, 6) is 0.257. The molecule has 2 aromatic heterocycles. The van der Waals surface area contributed by atoms with E-state index in [0.717, 1.165) is 36.1 Å². The summed E-state index contributed by atoms with van der Waals surface area (Å²) in [5.41, 5.74) is 7.91. The van der Waals surface area contributed by atoms with Crippen LogP contribution >= 0.6 is 0 Å². The van der Waals surface area contributed by atoms with Crippen LogP contribution in [-0.4, -0.2) is 45.2 Å². The van der Waals surface area contributed by atoms with E-state index in [-0.39, 0.29) is 6.04 Å². The Morgan fingerprint density at radius 2 is 2.04 bits per heavy atom. The minimum atomic E-state index is -4.55. The lowest BCUT2D eigenvalue weighted by atomic mass is 10.2. The van der Waals surface area contributed by atoms with E-state index in [1.807, 2.05) is 13.8 Å². The predicted octanol–water partition coefficient (Wildman–Crippen LogP) is 2.47. The standard InChI is InChI=1S/C17H20F3N7O/c1-8-10-4-5-13(14(10)28-25-8)27-7-12(9(2)24-27)22-16-23-15(21)11(6-26(16)3)17(18,19)20/h6-7,13,16,22H,4-5H2,1-3H3,(H2,21,23). The van der Waals surface area contributed by atoms with E-state index in [9.17, 15) is 13.2 Å². The van der Waals surface area contributed by atoms with E-state index < -0.39 is 23.9 Å². The zero-order valence-corrected chi connectivity index (χ0v) is 15.6. The number of hydrogen-bond donors (Lipinski definition) is 2. The van der Waals surface area contributed by atoms with Gasteiger partial charge in [-0.25, -0.2) is 4.99 Å². The lowest BCUT2D eigenvalue weighted by Crippen LogP contribution is -2.42. The maximum absolute atomic E-state index is 13.0. The largest absolute Gasteiger partial charge is 0.421 e. The minimum Gasteiger partial charge on any atom is -0.383 e. The molecule has 2 atom stereocenters. The summed E-state index contributed by atoms with van der Waals surface area (Å²) >= 11 is 0. The van der Waals surface area contributed by atoms with Crippen molar-refractivity contribution in [1.29, 1.82) is 0 Å². The maximum atomic E-state index is 13.0. The van der Waals surface area contributed by atoms with Gasteiger partial charge >= 0.3 is 6.18 Å². The lowest BCUT2D eigenvalue weighted by molar-refractivity contribution is -0.0877. The second-order valence-corrected chi connectivity index (χ2v) is 7.01. The zero-order valence-electron chi connectivity index (χ0n) is 15.6. The molecule has 4 rings (SSSR count). The van der Waals surface area contributed by atoms with Crippen LogP contribution in [0, 0.1) is 13.8 Å². The summed E-state index contributed by atoms with van der Waals surface area (Å²) in [7, 11) is 1.50. The third kappa shape index (κ3) is 3.00. The summed E-state index contributed by atoms with van der Waals surface area (Å²) in [6.07, 6.45) is -0.855. The van der Waals surface area contributed by atoms with E-state index in [0.29, 0.717) is 11.4 Å². The van der Waals surface area contributed by atoms with Crippen molar-refractivity contribution in [3.05, 3.63) is 40.7 Å². The van der Waals surface area contributed by atoms with Crippen molar-refractivity contribution in [2.24, 2.45) is 10.7 Å². The number of fused-ring (bicyclic) bond motifs is 1. The number of amidine groups is 1. The highest BCUT2D eigenvalue weighted by Gasteiger charge is 2.39. The number of aromatic nitrogens is 3. The first kappa shape index (κ1) is 18.4. The smallest absolute Gasteiger partial charge is 0.383 e. The number of nitrogens with one attached hydrogen (secondary N) is 1.